The number of piperazine rings is 1. The Morgan fingerprint density at radius 1 is 1.00 bits per heavy atom. The van der Waals surface area contributed by atoms with Gasteiger partial charge in [0, 0.05) is 43.9 Å². The highest BCUT2D eigenvalue weighted by molar-refractivity contribution is 5.97. The second-order valence-electron chi connectivity index (χ2n) is 9.56. The number of benzene rings is 2. The Bertz CT molecular complexity index is 1200. The molecule has 2 aromatic rings. The van der Waals surface area contributed by atoms with Gasteiger partial charge in [0.05, 0.1) is 32.1 Å². The van der Waals surface area contributed by atoms with Crippen LogP contribution in [0, 0.1) is 0 Å². The van der Waals surface area contributed by atoms with Crippen molar-refractivity contribution >= 4 is 11.7 Å². The number of aromatic hydroxyl groups is 2. The van der Waals surface area contributed by atoms with Crippen molar-refractivity contribution in [1.29, 1.82) is 0 Å². The number of phenolic OH excluding ortho intramolecular Hbond substituents is 2. The predicted octanol–water partition coefficient (Wildman–Crippen LogP) is 0.130. The summed E-state index contributed by atoms with van der Waals surface area (Å²) in [5.41, 5.74) is 1.06. The molecule has 38 heavy (non-hydrogen) atoms. The van der Waals surface area contributed by atoms with Crippen molar-refractivity contribution in [2.75, 3.05) is 51.9 Å². The maximum atomic E-state index is 13.2. The third kappa shape index (κ3) is 4.28. The van der Waals surface area contributed by atoms with Gasteiger partial charge in [-0.15, -0.1) is 0 Å². The lowest BCUT2D eigenvalue weighted by atomic mass is 9.84. The topological polar surface area (TPSA) is 162 Å². The largest absolute Gasteiger partial charge is 0.504 e. The summed E-state index contributed by atoms with van der Waals surface area (Å²) in [6.45, 7) is 2.07. The number of methoxy groups -OCH3 is 2. The molecule has 0 amide bonds. The van der Waals surface area contributed by atoms with Gasteiger partial charge in [-0.25, -0.2) is 4.79 Å². The fourth-order valence-corrected chi connectivity index (χ4v) is 5.53. The van der Waals surface area contributed by atoms with Gasteiger partial charge in [0.15, 0.2) is 17.6 Å². The summed E-state index contributed by atoms with van der Waals surface area (Å²) in [5.74, 6) is -1.29. The van der Waals surface area contributed by atoms with E-state index in [1.807, 2.05) is 29.2 Å². The molecular weight excluding hydrogens is 500 g/mol. The van der Waals surface area contributed by atoms with Crippen LogP contribution in [-0.2, 0) is 16.0 Å². The number of carbonyl (C=O) groups is 1. The molecule has 0 bridgehead atoms. The molecule has 3 aliphatic rings. The number of aliphatic hydroxyl groups excluding tert-OH is 3. The highest BCUT2D eigenvalue weighted by Crippen LogP contribution is 2.52. The first kappa shape index (κ1) is 26.3. The molecule has 0 spiro atoms. The summed E-state index contributed by atoms with van der Waals surface area (Å²) < 4.78 is 22.0. The molecule has 12 heteroatoms. The zero-order valence-corrected chi connectivity index (χ0v) is 21.1. The Kier molecular flexibility index (Phi) is 7.25. The van der Waals surface area contributed by atoms with Crippen molar-refractivity contribution in [3.8, 4) is 23.0 Å². The molecule has 2 aromatic carbocycles. The molecule has 5 N–H and O–H groups in total. The number of phenols is 2. The molecule has 3 aliphatic heterocycles. The zero-order valence-electron chi connectivity index (χ0n) is 21.1. The van der Waals surface area contributed by atoms with Crippen molar-refractivity contribution in [3.05, 3.63) is 41.0 Å². The average molecular weight is 533 g/mol. The summed E-state index contributed by atoms with van der Waals surface area (Å²) in [6, 6.07) is 7.74. The van der Waals surface area contributed by atoms with Gasteiger partial charge < -0.3 is 49.4 Å². The zero-order chi connectivity index (χ0) is 27.1. The van der Waals surface area contributed by atoms with Crippen molar-refractivity contribution in [2.24, 2.45) is 0 Å². The molecule has 5 unspecified atom stereocenters. The lowest BCUT2D eigenvalue weighted by molar-refractivity contribution is -0.235. The number of esters is 1. The first-order valence-corrected chi connectivity index (χ1v) is 12.4. The second-order valence-corrected chi connectivity index (χ2v) is 9.56. The van der Waals surface area contributed by atoms with Crippen LogP contribution < -0.4 is 14.4 Å². The Balaban J connectivity index is 1.46. The van der Waals surface area contributed by atoms with Crippen LogP contribution >= 0.6 is 0 Å². The third-order valence-corrected chi connectivity index (χ3v) is 7.53. The first-order valence-electron chi connectivity index (χ1n) is 12.4. The van der Waals surface area contributed by atoms with E-state index in [9.17, 15) is 30.3 Å². The molecule has 0 radical (unpaired) electrons. The normalized spacial score (nSPS) is 27.3. The standard InChI is InChI=1S/C26H32N2O10/c1-35-15-6-4-3-5-14(15)28-9-7-27(8-10-28)11-13-17-18(21(32)24(36-2)19(13)30)23-25(38-26(17)34)22(33)20(31)16(12-29)37-23/h3-6,16,20,22-23,25,29-33H,7-12H2,1-2H3. The smallest absolute Gasteiger partial charge is 0.339 e. The molecule has 0 saturated carbocycles. The Hall–Kier alpha value is -3.29. The quantitative estimate of drug-likeness (QED) is 0.320. The number of fused-ring (bicyclic) bond motifs is 3. The van der Waals surface area contributed by atoms with Gasteiger partial charge in [0.1, 0.15) is 30.2 Å². The minimum absolute atomic E-state index is 0.0204. The van der Waals surface area contributed by atoms with E-state index in [0.717, 1.165) is 11.4 Å². The lowest BCUT2D eigenvalue weighted by Crippen LogP contribution is -2.58. The van der Waals surface area contributed by atoms with Crippen LogP contribution in [0.25, 0.3) is 0 Å². The molecule has 5 atom stereocenters. The van der Waals surface area contributed by atoms with Crippen molar-refractivity contribution < 1.29 is 49.3 Å². The van der Waals surface area contributed by atoms with Crippen molar-refractivity contribution in [1.82, 2.24) is 4.90 Å². The van der Waals surface area contributed by atoms with Gasteiger partial charge in [0.2, 0.25) is 5.75 Å². The third-order valence-electron chi connectivity index (χ3n) is 7.53. The van der Waals surface area contributed by atoms with E-state index in [2.05, 4.69) is 4.90 Å². The minimum atomic E-state index is -1.56. The molecule has 206 valence electrons. The van der Waals surface area contributed by atoms with Gasteiger partial charge in [-0.05, 0) is 12.1 Å². The summed E-state index contributed by atoms with van der Waals surface area (Å²) in [4.78, 5) is 17.4. The fraction of sp³-hybridized carbons (Fsp3) is 0.500. The van der Waals surface area contributed by atoms with Crippen LogP contribution in [0.3, 0.4) is 0 Å². The van der Waals surface area contributed by atoms with Crippen LogP contribution in [-0.4, -0.2) is 108 Å². The van der Waals surface area contributed by atoms with E-state index in [-0.39, 0.29) is 29.0 Å². The molecular formula is C26H32N2O10. The monoisotopic (exact) mass is 532 g/mol. The van der Waals surface area contributed by atoms with E-state index in [1.54, 1.807) is 7.11 Å². The lowest BCUT2D eigenvalue weighted by Gasteiger charge is -2.45. The number of hydrogen-bond donors (Lipinski definition) is 5. The first-order chi connectivity index (χ1) is 18.3. The number of anilines is 1. The molecule has 0 aromatic heterocycles. The molecule has 0 aliphatic carbocycles. The summed E-state index contributed by atoms with van der Waals surface area (Å²) in [7, 11) is 2.90. The number of ether oxygens (including phenoxy) is 4. The van der Waals surface area contributed by atoms with Gasteiger partial charge in [-0.1, -0.05) is 12.1 Å². The highest BCUT2D eigenvalue weighted by atomic mass is 16.6. The van der Waals surface area contributed by atoms with Crippen LogP contribution in [0.15, 0.2) is 24.3 Å². The maximum absolute atomic E-state index is 13.2. The Morgan fingerprint density at radius 2 is 1.71 bits per heavy atom. The molecule has 5 rings (SSSR count). The summed E-state index contributed by atoms with van der Waals surface area (Å²) in [5, 5.41) is 52.5. The predicted molar refractivity (Wildman–Crippen MR) is 133 cm³/mol. The summed E-state index contributed by atoms with van der Waals surface area (Å²) in [6.07, 6.45) is -6.77. The minimum Gasteiger partial charge on any atom is -0.504 e. The fourth-order valence-electron chi connectivity index (χ4n) is 5.53. The van der Waals surface area contributed by atoms with E-state index >= 15 is 0 Å². The average Bonchev–Trinajstić information content (AvgIpc) is 2.93. The second kappa shape index (κ2) is 10.5. The number of para-hydroxylation sites is 2. The van der Waals surface area contributed by atoms with E-state index < -0.39 is 54.6 Å². The van der Waals surface area contributed by atoms with Crippen LogP contribution in [0.2, 0.25) is 0 Å². The molecule has 2 saturated heterocycles. The van der Waals surface area contributed by atoms with Gasteiger partial charge in [-0.2, -0.15) is 0 Å². The van der Waals surface area contributed by atoms with Gasteiger partial charge in [0.25, 0.3) is 0 Å². The van der Waals surface area contributed by atoms with Crippen molar-refractivity contribution in [2.45, 2.75) is 37.1 Å². The molecule has 3 heterocycles. The highest BCUT2D eigenvalue weighted by Gasteiger charge is 2.53. The van der Waals surface area contributed by atoms with E-state index in [1.165, 1.54) is 7.11 Å². The molecule has 2 fully saturated rings. The number of nitrogens with zero attached hydrogens (tertiary/aromatic N) is 2. The van der Waals surface area contributed by atoms with E-state index in [0.29, 0.717) is 26.2 Å². The van der Waals surface area contributed by atoms with E-state index in [4.69, 9.17) is 18.9 Å². The summed E-state index contributed by atoms with van der Waals surface area (Å²) >= 11 is 0. The van der Waals surface area contributed by atoms with Gasteiger partial charge >= 0.3 is 5.97 Å². The number of hydrogen-bond acceptors (Lipinski definition) is 12. The SMILES string of the molecule is COc1ccccc1N1CCN(Cc2c(O)c(OC)c(O)c3c2C(=O)OC2C3OC(CO)C(O)C2O)CC1. The Labute approximate surface area is 219 Å². The Morgan fingerprint density at radius 3 is 2.37 bits per heavy atom. The number of aliphatic hydroxyl groups is 3. The maximum Gasteiger partial charge on any atom is 0.339 e. The number of rotatable bonds is 6. The number of carbonyl (C=O) groups excluding carboxylic acids is 1. The van der Waals surface area contributed by atoms with Crippen LogP contribution in [0.4, 0.5) is 5.69 Å². The van der Waals surface area contributed by atoms with Crippen LogP contribution in [0.5, 0.6) is 23.0 Å². The molecule has 12 nitrogen and oxygen atoms in total. The van der Waals surface area contributed by atoms with Crippen LogP contribution in [0.1, 0.15) is 27.6 Å². The van der Waals surface area contributed by atoms with Gasteiger partial charge in [-0.3, -0.25) is 4.90 Å². The van der Waals surface area contributed by atoms with Crippen molar-refractivity contribution in [3.63, 3.8) is 0 Å².